The molecule has 6 nitrogen and oxygen atoms in total. The van der Waals surface area contributed by atoms with Crippen molar-refractivity contribution in [3.8, 4) is 5.75 Å². The smallest absolute Gasteiger partial charge is 0.262 e. The molecule has 0 aliphatic carbocycles. The van der Waals surface area contributed by atoms with Crippen LogP contribution in [-0.2, 0) is 14.8 Å². The molecule has 0 aliphatic rings. The van der Waals surface area contributed by atoms with E-state index in [1.165, 1.54) is 30.0 Å². The predicted molar refractivity (Wildman–Crippen MR) is 114 cm³/mol. The molecule has 0 spiro atoms. The number of thioether (sulfide) groups is 1. The van der Waals surface area contributed by atoms with Crippen molar-refractivity contribution in [1.82, 2.24) is 4.72 Å². The summed E-state index contributed by atoms with van der Waals surface area (Å²) in [5.41, 5.74) is 0.701. The van der Waals surface area contributed by atoms with E-state index in [-0.39, 0.29) is 34.1 Å². The third-order valence-electron chi connectivity index (χ3n) is 3.64. The van der Waals surface area contributed by atoms with Gasteiger partial charge in [-0.25, -0.2) is 13.1 Å². The van der Waals surface area contributed by atoms with Crippen molar-refractivity contribution in [3.05, 3.63) is 47.5 Å². The highest BCUT2D eigenvalue weighted by Gasteiger charge is 2.17. The van der Waals surface area contributed by atoms with Gasteiger partial charge in [-0.2, -0.15) is 0 Å². The lowest BCUT2D eigenvalue weighted by atomic mass is 10.2. The lowest BCUT2D eigenvalue weighted by molar-refractivity contribution is -0.118. The van der Waals surface area contributed by atoms with Gasteiger partial charge in [-0.3, -0.25) is 4.79 Å². The fourth-order valence-electron chi connectivity index (χ4n) is 2.20. The van der Waals surface area contributed by atoms with Crippen molar-refractivity contribution >= 4 is 45.0 Å². The van der Waals surface area contributed by atoms with Crippen molar-refractivity contribution in [2.45, 2.75) is 23.6 Å². The second-order valence-electron chi connectivity index (χ2n) is 6.38. The van der Waals surface area contributed by atoms with Gasteiger partial charge in [0.2, 0.25) is 10.0 Å². The van der Waals surface area contributed by atoms with Gasteiger partial charge < -0.3 is 10.1 Å². The molecule has 0 saturated heterocycles. The van der Waals surface area contributed by atoms with Gasteiger partial charge in [-0.15, -0.1) is 11.8 Å². The molecule has 152 valence electrons. The molecule has 9 heteroatoms. The Labute approximate surface area is 175 Å². The minimum atomic E-state index is -3.65. The SMILES string of the molecule is CSc1ccccc1NC(=O)COc1ccc(S(=O)(=O)NCC(C)C)cc1Cl. The van der Waals surface area contributed by atoms with Crippen LogP contribution in [0, 0.1) is 5.92 Å². The Kier molecular flexibility index (Phi) is 8.18. The number of ether oxygens (including phenoxy) is 1. The van der Waals surface area contributed by atoms with Crippen LogP contribution >= 0.6 is 23.4 Å². The van der Waals surface area contributed by atoms with Crippen LogP contribution in [0.1, 0.15) is 13.8 Å². The zero-order valence-corrected chi connectivity index (χ0v) is 18.2. The summed E-state index contributed by atoms with van der Waals surface area (Å²) < 4.78 is 32.5. The van der Waals surface area contributed by atoms with Gasteiger partial charge in [0.15, 0.2) is 6.61 Å². The Balaban J connectivity index is 2.00. The van der Waals surface area contributed by atoms with Crippen molar-refractivity contribution in [2.24, 2.45) is 5.92 Å². The van der Waals surface area contributed by atoms with E-state index in [2.05, 4.69) is 10.0 Å². The van der Waals surface area contributed by atoms with Crippen molar-refractivity contribution in [1.29, 1.82) is 0 Å². The lowest BCUT2D eigenvalue weighted by Gasteiger charge is -2.12. The van der Waals surface area contributed by atoms with Crippen molar-refractivity contribution in [3.63, 3.8) is 0 Å². The molecule has 0 atom stereocenters. The first-order valence-corrected chi connectivity index (χ1v) is 11.7. The molecule has 0 radical (unpaired) electrons. The second-order valence-corrected chi connectivity index (χ2v) is 9.40. The largest absolute Gasteiger partial charge is 0.482 e. The van der Waals surface area contributed by atoms with Crippen LogP contribution in [0.25, 0.3) is 0 Å². The molecule has 0 heterocycles. The normalized spacial score (nSPS) is 11.5. The summed E-state index contributed by atoms with van der Waals surface area (Å²) in [5, 5.41) is 2.90. The molecule has 2 rings (SSSR count). The summed E-state index contributed by atoms with van der Waals surface area (Å²) in [7, 11) is -3.65. The third kappa shape index (κ3) is 6.41. The van der Waals surface area contributed by atoms with Crippen LogP contribution in [-0.4, -0.2) is 33.7 Å². The van der Waals surface area contributed by atoms with Crippen LogP contribution in [0.5, 0.6) is 5.75 Å². The first kappa shape index (κ1) is 22.5. The van der Waals surface area contributed by atoms with E-state index in [0.29, 0.717) is 12.2 Å². The van der Waals surface area contributed by atoms with Crippen LogP contribution in [0.4, 0.5) is 5.69 Å². The Morgan fingerprint density at radius 1 is 1.21 bits per heavy atom. The molecule has 0 unspecified atom stereocenters. The van der Waals surface area contributed by atoms with Gasteiger partial charge in [0.25, 0.3) is 5.91 Å². The molecule has 0 aliphatic heterocycles. The summed E-state index contributed by atoms with van der Waals surface area (Å²) >= 11 is 7.66. The van der Waals surface area contributed by atoms with Crippen molar-refractivity contribution in [2.75, 3.05) is 24.7 Å². The molecule has 2 aromatic carbocycles. The number of para-hydroxylation sites is 1. The number of hydrogen-bond donors (Lipinski definition) is 2. The number of carbonyl (C=O) groups excluding carboxylic acids is 1. The van der Waals surface area contributed by atoms with Crippen LogP contribution in [0.2, 0.25) is 5.02 Å². The fourth-order valence-corrected chi connectivity index (χ4v) is 4.30. The quantitative estimate of drug-likeness (QED) is 0.573. The van der Waals surface area contributed by atoms with Crippen molar-refractivity contribution < 1.29 is 17.9 Å². The number of hydrogen-bond acceptors (Lipinski definition) is 5. The van der Waals surface area contributed by atoms with E-state index in [1.54, 1.807) is 6.07 Å². The maximum atomic E-state index is 12.3. The zero-order valence-electron chi connectivity index (χ0n) is 15.9. The minimum absolute atomic E-state index is 0.0452. The number of carbonyl (C=O) groups is 1. The Hall–Kier alpha value is -1.74. The maximum absolute atomic E-state index is 12.3. The number of nitrogens with one attached hydrogen (secondary N) is 2. The molecular formula is C19H23ClN2O4S2. The van der Waals surface area contributed by atoms with Crippen LogP contribution < -0.4 is 14.8 Å². The topological polar surface area (TPSA) is 84.5 Å². The molecule has 0 bridgehead atoms. The maximum Gasteiger partial charge on any atom is 0.262 e. The molecule has 2 aromatic rings. The summed E-state index contributed by atoms with van der Waals surface area (Å²) in [6.45, 7) is 3.90. The fraction of sp³-hybridized carbons (Fsp3) is 0.316. The van der Waals surface area contributed by atoms with Crippen LogP contribution in [0.15, 0.2) is 52.3 Å². The van der Waals surface area contributed by atoms with E-state index < -0.39 is 10.0 Å². The van der Waals surface area contributed by atoms with E-state index in [1.807, 2.05) is 38.3 Å². The molecule has 0 saturated carbocycles. The van der Waals surface area contributed by atoms with Crippen LogP contribution in [0.3, 0.4) is 0 Å². The average molecular weight is 443 g/mol. The Morgan fingerprint density at radius 3 is 2.57 bits per heavy atom. The highest BCUT2D eigenvalue weighted by Crippen LogP contribution is 2.28. The molecule has 0 fully saturated rings. The number of sulfonamides is 1. The van der Waals surface area contributed by atoms with Gasteiger partial charge in [0, 0.05) is 11.4 Å². The molecule has 28 heavy (non-hydrogen) atoms. The summed E-state index contributed by atoms with van der Waals surface area (Å²) in [6.07, 6.45) is 1.92. The van der Waals surface area contributed by atoms with Gasteiger partial charge >= 0.3 is 0 Å². The highest BCUT2D eigenvalue weighted by molar-refractivity contribution is 7.98. The monoisotopic (exact) mass is 442 g/mol. The van der Waals surface area contributed by atoms with E-state index in [0.717, 1.165) is 4.90 Å². The molecule has 2 N–H and O–H groups in total. The first-order chi connectivity index (χ1) is 13.2. The summed E-state index contributed by atoms with van der Waals surface area (Å²) in [6, 6.07) is 11.6. The second kappa shape index (κ2) is 10.2. The Bertz CT molecular complexity index is 933. The van der Waals surface area contributed by atoms with E-state index in [9.17, 15) is 13.2 Å². The number of benzene rings is 2. The standard InChI is InChI=1S/C19H23ClN2O4S2/c1-13(2)11-21-28(24,25)14-8-9-17(15(20)10-14)26-12-19(23)22-16-6-4-5-7-18(16)27-3/h4-10,13,21H,11-12H2,1-3H3,(H,22,23). The highest BCUT2D eigenvalue weighted by atomic mass is 35.5. The van der Waals surface area contributed by atoms with Gasteiger partial charge in [-0.1, -0.05) is 37.6 Å². The number of anilines is 1. The molecular weight excluding hydrogens is 420 g/mol. The molecule has 1 amide bonds. The third-order valence-corrected chi connectivity index (χ3v) is 6.15. The minimum Gasteiger partial charge on any atom is -0.482 e. The molecule has 0 aromatic heterocycles. The van der Waals surface area contributed by atoms with Gasteiger partial charge in [0.05, 0.1) is 15.6 Å². The summed E-state index contributed by atoms with van der Waals surface area (Å²) in [4.78, 5) is 13.1. The predicted octanol–water partition coefficient (Wildman–Crippen LogP) is 4.01. The average Bonchev–Trinajstić information content (AvgIpc) is 2.66. The first-order valence-electron chi connectivity index (χ1n) is 8.58. The van der Waals surface area contributed by atoms with Gasteiger partial charge in [0.1, 0.15) is 5.75 Å². The zero-order chi connectivity index (χ0) is 20.7. The van der Waals surface area contributed by atoms with E-state index >= 15 is 0 Å². The number of halogens is 1. The lowest BCUT2D eigenvalue weighted by Crippen LogP contribution is -2.27. The van der Waals surface area contributed by atoms with E-state index in [4.69, 9.17) is 16.3 Å². The number of amides is 1. The summed E-state index contributed by atoms with van der Waals surface area (Å²) in [5.74, 6) is 0.0771. The van der Waals surface area contributed by atoms with Gasteiger partial charge in [-0.05, 0) is 42.5 Å². The number of rotatable bonds is 9. The Morgan fingerprint density at radius 2 is 1.93 bits per heavy atom.